The minimum atomic E-state index is -2.70. The van der Waals surface area contributed by atoms with Crippen molar-refractivity contribution in [2.24, 2.45) is 0 Å². The van der Waals surface area contributed by atoms with Gasteiger partial charge in [0.1, 0.15) is 5.75 Å². The van der Waals surface area contributed by atoms with Crippen LogP contribution in [0.5, 0.6) is 5.75 Å². The van der Waals surface area contributed by atoms with Gasteiger partial charge in [-0.2, -0.15) is 0 Å². The van der Waals surface area contributed by atoms with Crippen LogP contribution in [-0.2, 0) is 0 Å². The summed E-state index contributed by atoms with van der Waals surface area (Å²) in [4.78, 5) is 21.4. The van der Waals surface area contributed by atoms with Crippen LogP contribution in [0.3, 0.4) is 0 Å². The fourth-order valence-corrected chi connectivity index (χ4v) is 9.43. The standard InChI is InChI=1S/C56H71O3P/c1-13-34(7)41-26-43-30-48(38(11)17-5)52(32-50(43)46(28-41)36(9)15-3)55-45(40-22-20-19-21-23-40)24-25-54(59-60(57)58)56(55)53-33-51-44(31-49(53)39(12)18-6)27-42(35(8)14-2)29-47(51)37(10)16-4/h19-39,57-58H,13-18H2,1-12H3. The van der Waals surface area contributed by atoms with Crippen molar-refractivity contribution in [1.82, 2.24) is 0 Å². The van der Waals surface area contributed by atoms with Crippen molar-refractivity contribution in [3.8, 4) is 39.1 Å². The highest BCUT2D eigenvalue weighted by Crippen LogP contribution is 2.53. The summed E-state index contributed by atoms with van der Waals surface area (Å²) in [6, 6.07) is 34.5. The molecule has 0 saturated carbocycles. The minimum absolute atomic E-state index is 0.233. The first-order chi connectivity index (χ1) is 28.8. The molecule has 6 aromatic rings. The van der Waals surface area contributed by atoms with E-state index >= 15 is 0 Å². The number of hydrogen-bond donors (Lipinski definition) is 2. The summed E-state index contributed by atoms with van der Waals surface area (Å²) in [6.45, 7) is 27.8. The van der Waals surface area contributed by atoms with Gasteiger partial charge in [0, 0.05) is 11.1 Å². The van der Waals surface area contributed by atoms with Crippen LogP contribution in [0.2, 0.25) is 0 Å². The number of fused-ring (bicyclic) bond motifs is 2. The summed E-state index contributed by atoms with van der Waals surface area (Å²) < 4.78 is 6.22. The average Bonchev–Trinajstić information content (AvgIpc) is 3.28. The van der Waals surface area contributed by atoms with E-state index in [-0.39, 0.29) is 11.8 Å². The molecule has 6 unspecified atom stereocenters. The Morgan fingerprint density at radius 2 is 0.850 bits per heavy atom. The summed E-state index contributed by atoms with van der Waals surface area (Å²) in [5.41, 5.74) is 14.6. The molecule has 0 bridgehead atoms. The average molecular weight is 823 g/mol. The third kappa shape index (κ3) is 9.11. The van der Waals surface area contributed by atoms with E-state index in [1.165, 1.54) is 60.5 Å². The van der Waals surface area contributed by atoms with Crippen molar-refractivity contribution in [2.75, 3.05) is 0 Å². The van der Waals surface area contributed by atoms with Gasteiger partial charge in [-0.15, -0.1) is 0 Å². The van der Waals surface area contributed by atoms with Crippen LogP contribution >= 0.6 is 8.60 Å². The first-order valence-electron chi connectivity index (χ1n) is 23.1. The maximum atomic E-state index is 10.7. The van der Waals surface area contributed by atoms with E-state index in [1.807, 2.05) is 6.07 Å². The molecule has 0 amide bonds. The van der Waals surface area contributed by atoms with Crippen molar-refractivity contribution >= 4 is 30.1 Å². The molecule has 0 heterocycles. The SMILES string of the molecule is CCC(C)c1cc(C(C)CC)c2cc(-c3c(OP(O)O)ccc(-c4ccccc4)c3-c3cc4c(C(C)CC)cc(C(C)CC)cc4cc3C(C)CC)c(C(C)CC)cc2c1. The normalized spacial score (nSPS) is 15.0. The molecule has 60 heavy (non-hydrogen) atoms. The Balaban J connectivity index is 1.88. The lowest BCUT2D eigenvalue weighted by Crippen LogP contribution is -2.05. The highest BCUT2D eigenvalue weighted by atomic mass is 31.2. The molecule has 0 saturated heterocycles. The molecule has 4 heteroatoms. The second kappa shape index (κ2) is 19.8. The van der Waals surface area contributed by atoms with Gasteiger partial charge in [0.2, 0.25) is 0 Å². The highest BCUT2D eigenvalue weighted by Gasteiger charge is 2.28. The van der Waals surface area contributed by atoms with E-state index in [2.05, 4.69) is 168 Å². The molecule has 0 spiro atoms. The topological polar surface area (TPSA) is 49.7 Å². The summed E-state index contributed by atoms with van der Waals surface area (Å²) in [6.07, 6.45) is 6.22. The first kappa shape index (κ1) is 45.5. The van der Waals surface area contributed by atoms with Gasteiger partial charge in [-0.3, -0.25) is 0 Å². The molecule has 2 N–H and O–H groups in total. The van der Waals surface area contributed by atoms with Crippen LogP contribution < -0.4 is 4.52 Å². The van der Waals surface area contributed by atoms with Crippen molar-refractivity contribution in [3.63, 3.8) is 0 Å². The lowest BCUT2D eigenvalue weighted by molar-refractivity contribution is 0.375. The molecular formula is C56H71O3P. The molecule has 0 aliphatic rings. The van der Waals surface area contributed by atoms with Gasteiger partial charge in [0.25, 0.3) is 0 Å². The number of rotatable bonds is 17. The van der Waals surface area contributed by atoms with Gasteiger partial charge >= 0.3 is 8.60 Å². The number of hydrogen-bond acceptors (Lipinski definition) is 3. The van der Waals surface area contributed by atoms with Gasteiger partial charge in [0.05, 0.1) is 0 Å². The number of benzene rings is 6. The summed E-state index contributed by atoms with van der Waals surface area (Å²) >= 11 is 0. The Bertz CT molecular complexity index is 2410. The van der Waals surface area contributed by atoms with Gasteiger partial charge in [-0.25, -0.2) is 0 Å². The molecule has 318 valence electrons. The second-order valence-corrected chi connectivity index (χ2v) is 18.7. The van der Waals surface area contributed by atoms with Crippen molar-refractivity contribution in [2.45, 2.75) is 157 Å². The van der Waals surface area contributed by atoms with E-state index in [0.717, 1.165) is 66.3 Å². The fourth-order valence-electron chi connectivity index (χ4n) is 9.10. The summed E-state index contributed by atoms with van der Waals surface area (Å²) in [7, 11) is -2.70. The highest BCUT2D eigenvalue weighted by molar-refractivity contribution is 7.39. The van der Waals surface area contributed by atoms with Gasteiger partial charge in [0.15, 0.2) is 0 Å². The Morgan fingerprint density at radius 3 is 1.27 bits per heavy atom. The molecule has 0 aliphatic heterocycles. The molecule has 6 aromatic carbocycles. The third-order valence-electron chi connectivity index (χ3n) is 14.3. The third-order valence-corrected chi connectivity index (χ3v) is 14.6. The first-order valence-corrected chi connectivity index (χ1v) is 24.3. The van der Waals surface area contributed by atoms with Crippen LogP contribution in [-0.4, -0.2) is 9.79 Å². The Labute approximate surface area is 363 Å². The van der Waals surface area contributed by atoms with E-state index in [1.54, 1.807) is 0 Å². The lowest BCUT2D eigenvalue weighted by atomic mass is 9.77. The van der Waals surface area contributed by atoms with E-state index in [9.17, 15) is 9.79 Å². The monoisotopic (exact) mass is 823 g/mol. The summed E-state index contributed by atoms with van der Waals surface area (Å²) in [5, 5.41) is 5.12. The molecule has 0 radical (unpaired) electrons. The largest absolute Gasteiger partial charge is 0.426 e. The molecular weight excluding hydrogens is 752 g/mol. The summed E-state index contributed by atoms with van der Waals surface area (Å²) in [5.74, 6) is 2.66. The van der Waals surface area contributed by atoms with E-state index in [0.29, 0.717) is 29.4 Å². The Kier molecular flexibility index (Phi) is 15.0. The van der Waals surface area contributed by atoms with Crippen LogP contribution in [0.1, 0.15) is 190 Å². The lowest BCUT2D eigenvalue weighted by Gasteiger charge is -2.28. The van der Waals surface area contributed by atoms with Crippen LogP contribution in [0.4, 0.5) is 0 Å². The van der Waals surface area contributed by atoms with Crippen molar-refractivity contribution in [1.29, 1.82) is 0 Å². The Morgan fingerprint density at radius 1 is 0.433 bits per heavy atom. The van der Waals surface area contributed by atoms with Crippen molar-refractivity contribution in [3.05, 3.63) is 124 Å². The van der Waals surface area contributed by atoms with Crippen LogP contribution in [0.25, 0.3) is 54.9 Å². The van der Waals surface area contributed by atoms with E-state index < -0.39 is 8.60 Å². The van der Waals surface area contributed by atoms with Gasteiger partial charge in [-0.05, 0) is 169 Å². The maximum absolute atomic E-state index is 10.7. The zero-order valence-corrected chi connectivity index (χ0v) is 39.5. The maximum Gasteiger partial charge on any atom is 0.391 e. The van der Waals surface area contributed by atoms with Crippen LogP contribution in [0, 0.1) is 0 Å². The van der Waals surface area contributed by atoms with Crippen LogP contribution in [0.15, 0.2) is 91.0 Å². The molecule has 3 nitrogen and oxygen atoms in total. The Hall–Kier alpha value is -4.01. The van der Waals surface area contributed by atoms with Crippen molar-refractivity contribution < 1.29 is 14.3 Å². The zero-order chi connectivity index (χ0) is 43.4. The predicted molar refractivity (Wildman–Crippen MR) is 262 cm³/mol. The van der Waals surface area contributed by atoms with Gasteiger partial charge < -0.3 is 14.3 Å². The molecule has 6 rings (SSSR count). The van der Waals surface area contributed by atoms with Gasteiger partial charge in [-0.1, -0.05) is 156 Å². The molecule has 6 atom stereocenters. The quantitative estimate of drug-likeness (QED) is 0.0901. The smallest absolute Gasteiger partial charge is 0.391 e. The predicted octanol–water partition coefficient (Wildman–Crippen LogP) is 17.7. The molecule has 0 aromatic heterocycles. The fraction of sp³-hybridized carbons (Fsp3) is 0.429. The molecule has 0 fully saturated rings. The van der Waals surface area contributed by atoms with E-state index in [4.69, 9.17) is 4.52 Å². The zero-order valence-electron chi connectivity index (χ0n) is 38.6. The minimum Gasteiger partial charge on any atom is -0.426 e. The molecule has 0 aliphatic carbocycles. The second-order valence-electron chi connectivity index (χ2n) is 18.0.